The maximum Gasteiger partial charge on any atom is 0.272 e. The molecular formula is C16H19N3O2. The Kier molecular flexibility index (Phi) is 3.75. The molecule has 1 atom stereocenters. The molecule has 5 heteroatoms. The lowest BCUT2D eigenvalue weighted by molar-refractivity contribution is 0.0559. The third-order valence-electron chi connectivity index (χ3n) is 3.73. The summed E-state index contributed by atoms with van der Waals surface area (Å²) in [6.07, 6.45) is 0.897. The van der Waals surface area contributed by atoms with Crippen LogP contribution in [0.1, 0.15) is 23.8 Å². The lowest BCUT2D eigenvalue weighted by Crippen LogP contribution is -2.36. The van der Waals surface area contributed by atoms with E-state index in [1.165, 1.54) is 0 Å². The van der Waals surface area contributed by atoms with Gasteiger partial charge < -0.3 is 15.4 Å². The van der Waals surface area contributed by atoms with E-state index >= 15 is 0 Å². The zero-order valence-corrected chi connectivity index (χ0v) is 12.1. The number of pyridine rings is 1. The van der Waals surface area contributed by atoms with E-state index in [0.29, 0.717) is 31.2 Å². The third-order valence-corrected chi connectivity index (χ3v) is 3.73. The summed E-state index contributed by atoms with van der Waals surface area (Å²) in [4.78, 5) is 18.7. The first kappa shape index (κ1) is 13.8. The SMILES string of the molecule is CC1CN(C(=O)c2cc3ccccc3c(N)n2)CCCO1. The molecule has 21 heavy (non-hydrogen) atoms. The van der Waals surface area contributed by atoms with Gasteiger partial charge in [0.2, 0.25) is 0 Å². The van der Waals surface area contributed by atoms with Crippen LogP contribution in [0, 0.1) is 0 Å². The number of benzene rings is 1. The molecule has 0 spiro atoms. The van der Waals surface area contributed by atoms with Crippen molar-refractivity contribution >= 4 is 22.5 Å². The summed E-state index contributed by atoms with van der Waals surface area (Å²) in [7, 11) is 0. The van der Waals surface area contributed by atoms with Crippen molar-refractivity contribution in [3.8, 4) is 0 Å². The molecule has 2 heterocycles. The van der Waals surface area contributed by atoms with E-state index < -0.39 is 0 Å². The Hall–Kier alpha value is -2.14. The Labute approximate surface area is 123 Å². The number of hydrogen-bond acceptors (Lipinski definition) is 4. The topological polar surface area (TPSA) is 68.5 Å². The van der Waals surface area contributed by atoms with Gasteiger partial charge >= 0.3 is 0 Å². The highest BCUT2D eigenvalue weighted by Gasteiger charge is 2.22. The van der Waals surface area contributed by atoms with E-state index in [1.807, 2.05) is 37.3 Å². The average molecular weight is 285 g/mol. The summed E-state index contributed by atoms with van der Waals surface area (Å²) in [6.45, 7) is 3.96. The van der Waals surface area contributed by atoms with Crippen LogP contribution < -0.4 is 5.73 Å². The Balaban J connectivity index is 1.93. The second-order valence-electron chi connectivity index (χ2n) is 5.40. The highest BCUT2D eigenvalue weighted by molar-refractivity contribution is 5.99. The van der Waals surface area contributed by atoms with Crippen LogP contribution in [0.2, 0.25) is 0 Å². The summed E-state index contributed by atoms with van der Waals surface area (Å²) in [5.41, 5.74) is 6.38. The molecule has 110 valence electrons. The molecule has 1 amide bonds. The van der Waals surface area contributed by atoms with Crippen molar-refractivity contribution in [2.24, 2.45) is 0 Å². The van der Waals surface area contributed by atoms with Crippen molar-refractivity contribution < 1.29 is 9.53 Å². The van der Waals surface area contributed by atoms with Gasteiger partial charge in [-0.3, -0.25) is 4.79 Å². The van der Waals surface area contributed by atoms with Crippen LogP contribution in [-0.2, 0) is 4.74 Å². The highest BCUT2D eigenvalue weighted by Crippen LogP contribution is 2.21. The van der Waals surface area contributed by atoms with Gasteiger partial charge in [-0.25, -0.2) is 4.98 Å². The van der Waals surface area contributed by atoms with Gasteiger partial charge in [0, 0.05) is 25.1 Å². The van der Waals surface area contributed by atoms with Gasteiger partial charge in [-0.1, -0.05) is 24.3 Å². The Morgan fingerprint density at radius 3 is 3.10 bits per heavy atom. The van der Waals surface area contributed by atoms with Gasteiger partial charge in [0.25, 0.3) is 5.91 Å². The molecule has 1 fully saturated rings. The molecule has 2 N–H and O–H groups in total. The number of fused-ring (bicyclic) bond motifs is 1. The smallest absolute Gasteiger partial charge is 0.272 e. The Bertz CT molecular complexity index is 672. The number of amides is 1. The molecule has 1 aliphatic rings. The maximum atomic E-state index is 12.6. The predicted octanol–water partition coefficient (Wildman–Crippen LogP) is 2.07. The molecule has 0 saturated carbocycles. The molecule has 1 saturated heterocycles. The Morgan fingerprint density at radius 1 is 1.43 bits per heavy atom. The zero-order chi connectivity index (χ0) is 14.8. The molecule has 0 radical (unpaired) electrons. The summed E-state index contributed by atoms with van der Waals surface area (Å²) >= 11 is 0. The number of nitrogens with two attached hydrogens (primary N) is 1. The fraction of sp³-hybridized carbons (Fsp3) is 0.375. The van der Waals surface area contributed by atoms with Crippen LogP contribution in [0.3, 0.4) is 0 Å². The van der Waals surface area contributed by atoms with Crippen molar-refractivity contribution in [1.82, 2.24) is 9.88 Å². The molecule has 5 nitrogen and oxygen atoms in total. The molecule has 1 aliphatic heterocycles. The largest absolute Gasteiger partial charge is 0.383 e. The molecule has 0 bridgehead atoms. The molecule has 0 aliphatic carbocycles. The molecular weight excluding hydrogens is 266 g/mol. The highest BCUT2D eigenvalue weighted by atomic mass is 16.5. The van der Waals surface area contributed by atoms with Crippen molar-refractivity contribution in [2.75, 3.05) is 25.4 Å². The fourth-order valence-corrected chi connectivity index (χ4v) is 2.68. The predicted molar refractivity (Wildman–Crippen MR) is 82.1 cm³/mol. The maximum absolute atomic E-state index is 12.6. The molecule has 1 unspecified atom stereocenters. The van der Waals surface area contributed by atoms with Crippen LogP contribution >= 0.6 is 0 Å². The van der Waals surface area contributed by atoms with Gasteiger partial charge in [0.1, 0.15) is 11.5 Å². The van der Waals surface area contributed by atoms with Gasteiger partial charge in [-0.05, 0) is 24.8 Å². The van der Waals surface area contributed by atoms with E-state index in [1.54, 1.807) is 4.90 Å². The number of aromatic nitrogens is 1. The first-order valence-corrected chi connectivity index (χ1v) is 7.21. The van der Waals surface area contributed by atoms with Gasteiger partial charge in [-0.15, -0.1) is 0 Å². The summed E-state index contributed by atoms with van der Waals surface area (Å²) in [6, 6.07) is 9.50. The number of carbonyl (C=O) groups excluding carboxylic acids is 1. The van der Waals surface area contributed by atoms with Crippen molar-refractivity contribution in [3.63, 3.8) is 0 Å². The van der Waals surface area contributed by atoms with E-state index in [-0.39, 0.29) is 12.0 Å². The van der Waals surface area contributed by atoms with Crippen molar-refractivity contribution in [2.45, 2.75) is 19.4 Å². The minimum atomic E-state index is -0.0789. The number of ether oxygens (including phenoxy) is 1. The third kappa shape index (κ3) is 2.83. The van der Waals surface area contributed by atoms with E-state index in [2.05, 4.69) is 4.98 Å². The number of nitrogens with zero attached hydrogens (tertiary/aromatic N) is 2. The van der Waals surface area contributed by atoms with E-state index in [9.17, 15) is 4.79 Å². The van der Waals surface area contributed by atoms with Gasteiger partial charge in [-0.2, -0.15) is 0 Å². The molecule has 3 rings (SSSR count). The second kappa shape index (κ2) is 5.69. The molecule has 1 aromatic heterocycles. The fourth-order valence-electron chi connectivity index (χ4n) is 2.68. The van der Waals surface area contributed by atoms with Crippen LogP contribution in [0.25, 0.3) is 10.8 Å². The quantitative estimate of drug-likeness (QED) is 0.871. The van der Waals surface area contributed by atoms with Crippen LogP contribution in [0.15, 0.2) is 30.3 Å². The summed E-state index contributed by atoms with van der Waals surface area (Å²) in [5, 5.41) is 1.81. The number of anilines is 1. The molecule has 2 aromatic rings. The van der Waals surface area contributed by atoms with E-state index in [0.717, 1.165) is 17.2 Å². The second-order valence-corrected chi connectivity index (χ2v) is 5.40. The number of hydrogen-bond donors (Lipinski definition) is 1. The first-order valence-electron chi connectivity index (χ1n) is 7.21. The Morgan fingerprint density at radius 2 is 2.24 bits per heavy atom. The standard InChI is InChI=1S/C16H19N3O2/c1-11-10-19(7-4-8-21-11)16(20)14-9-12-5-2-3-6-13(12)15(17)18-14/h2-3,5-6,9,11H,4,7-8,10H2,1H3,(H2,17,18). The van der Waals surface area contributed by atoms with E-state index in [4.69, 9.17) is 10.5 Å². The number of carbonyl (C=O) groups is 1. The lowest BCUT2D eigenvalue weighted by atomic mass is 10.1. The van der Waals surface area contributed by atoms with Crippen LogP contribution in [0.5, 0.6) is 0 Å². The van der Waals surface area contributed by atoms with Crippen LogP contribution in [-0.4, -0.2) is 41.6 Å². The summed E-state index contributed by atoms with van der Waals surface area (Å²) in [5.74, 6) is 0.320. The number of nitrogen functional groups attached to an aromatic ring is 1. The van der Waals surface area contributed by atoms with Crippen molar-refractivity contribution in [1.29, 1.82) is 0 Å². The van der Waals surface area contributed by atoms with Crippen LogP contribution in [0.4, 0.5) is 5.82 Å². The summed E-state index contributed by atoms with van der Waals surface area (Å²) < 4.78 is 5.57. The normalized spacial score (nSPS) is 19.5. The number of rotatable bonds is 1. The monoisotopic (exact) mass is 285 g/mol. The minimum Gasteiger partial charge on any atom is -0.383 e. The van der Waals surface area contributed by atoms with Gasteiger partial charge in [0.05, 0.1) is 6.10 Å². The minimum absolute atomic E-state index is 0.0502. The average Bonchev–Trinajstić information content (AvgIpc) is 2.71. The van der Waals surface area contributed by atoms with Crippen molar-refractivity contribution in [3.05, 3.63) is 36.0 Å². The van der Waals surface area contributed by atoms with Gasteiger partial charge in [0.15, 0.2) is 0 Å². The first-order chi connectivity index (χ1) is 10.1. The molecule has 1 aromatic carbocycles. The lowest BCUT2D eigenvalue weighted by Gasteiger charge is -2.22. The zero-order valence-electron chi connectivity index (χ0n) is 12.1.